The Labute approximate surface area is 149 Å². The fraction of sp³-hybridized carbons (Fsp3) is 0.650. The van der Waals surface area contributed by atoms with Gasteiger partial charge in [-0.15, -0.1) is 0 Å². The number of carbonyl (C=O) groups is 1. The molecular weight excluding hydrogens is 316 g/mol. The zero-order chi connectivity index (χ0) is 17.3. The van der Waals surface area contributed by atoms with Crippen LogP contribution in [0.1, 0.15) is 62.1 Å². The van der Waals surface area contributed by atoms with E-state index in [4.69, 9.17) is 4.74 Å². The Morgan fingerprint density at radius 1 is 1.16 bits per heavy atom. The third kappa shape index (κ3) is 3.53. The summed E-state index contributed by atoms with van der Waals surface area (Å²) < 4.78 is 6.10. The van der Waals surface area contributed by atoms with E-state index < -0.39 is 6.10 Å². The van der Waals surface area contributed by atoms with Gasteiger partial charge in [0.1, 0.15) is 0 Å². The van der Waals surface area contributed by atoms with E-state index in [0.717, 1.165) is 43.4 Å². The topological polar surface area (TPSA) is 70.6 Å². The number of nitrogens with one attached hydrogen (secondary N) is 2. The second-order valence-electron chi connectivity index (χ2n) is 7.85. The lowest BCUT2D eigenvalue weighted by Gasteiger charge is -2.43. The van der Waals surface area contributed by atoms with Crippen molar-refractivity contribution in [2.24, 2.45) is 0 Å². The lowest BCUT2D eigenvalue weighted by atomic mass is 9.78. The first kappa shape index (κ1) is 16.9. The minimum absolute atomic E-state index is 0.0199. The molecule has 1 aromatic rings. The molecule has 5 heteroatoms. The summed E-state index contributed by atoms with van der Waals surface area (Å²) in [5.41, 5.74) is 2.13. The second kappa shape index (κ2) is 6.96. The monoisotopic (exact) mass is 344 g/mol. The quantitative estimate of drug-likeness (QED) is 0.773. The Kier molecular flexibility index (Phi) is 4.69. The maximum atomic E-state index is 12.5. The second-order valence-corrected chi connectivity index (χ2v) is 7.85. The van der Waals surface area contributed by atoms with Crippen molar-refractivity contribution in [3.8, 4) is 0 Å². The normalized spacial score (nSPS) is 30.7. The summed E-state index contributed by atoms with van der Waals surface area (Å²) in [6.45, 7) is 0.722. The average Bonchev–Trinajstić information content (AvgIpc) is 2.91. The number of amides is 2. The number of fused-ring (bicyclic) bond motifs is 1. The lowest BCUT2D eigenvalue weighted by molar-refractivity contribution is -0.107. The zero-order valence-corrected chi connectivity index (χ0v) is 14.7. The van der Waals surface area contributed by atoms with Crippen molar-refractivity contribution in [3.05, 3.63) is 35.4 Å². The van der Waals surface area contributed by atoms with Gasteiger partial charge in [0.05, 0.1) is 17.7 Å². The molecule has 3 N–H and O–H groups in total. The lowest BCUT2D eigenvalue weighted by Crippen LogP contribution is -2.52. The standard InChI is InChI=1S/C20H28N2O3/c23-17-12-14-6-2-3-7-16(14)18(17)22-19(24)21-15-8-11-25-20(13-15)9-4-1-5-10-20/h2-3,6-7,15,17-18,23H,1,4-5,8-13H2,(H2,21,22,24)/t15-,17-,18+/m1/s1. The first-order valence-corrected chi connectivity index (χ1v) is 9.62. The van der Waals surface area contributed by atoms with Gasteiger partial charge in [-0.1, -0.05) is 43.5 Å². The molecule has 0 unspecified atom stereocenters. The van der Waals surface area contributed by atoms with Crippen molar-refractivity contribution in [2.45, 2.75) is 75.2 Å². The molecule has 5 nitrogen and oxygen atoms in total. The largest absolute Gasteiger partial charge is 0.390 e. The Bertz CT molecular complexity index is 622. The van der Waals surface area contributed by atoms with Gasteiger partial charge in [0.15, 0.2) is 0 Å². The maximum absolute atomic E-state index is 12.5. The van der Waals surface area contributed by atoms with Crippen LogP contribution in [0.5, 0.6) is 0 Å². The zero-order valence-electron chi connectivity index (χ0n) is 14.7. The fourth-order valence-electron chi connectivity index (χ4n) is 4.81. The van der Waals surface area contributed by atoms with Crippen molar-refractivity contribution < 1.29 is 14.6 Å². The summed E-state index contributed by atoms with van der Waals surface area (Å²) >= 11 is 0. The first-order valence-electron chi connectivity index (χ1n) is 9.62. The van der Waals surface area contributed by atoms with Crippen LogP contribution in [0.2, 0.25) is 0 Å². The van der Waals surface area contributed by atoms with Gasteiger partial charge in [0, 0.05) is 19.1 Å². The van der Waals surface area contributed by atoms with Gasteiger partial charge in [0.25, 0.3) is 0 Å². The molecule has 0 radical (unpaired) electrons. The molecule has 2 amide bonds. The van der Waals surface area contributed by atoms with Crippen LogP contribution in [0.25, 0.3) is 0 Å². The highest BCUT2D eigenvalue weighted by atomic mass is 16.5. The van der Waals surface area contributed by atoms with Gasteiger partial charge in [-0.05, 0) is 36.8 Å². The van der Waals surface area contributed by atoms with E-state index in [0.29, 0.717) is 6.42 Å². The molecule has 2 fully saturated rings. The Balaban J connectivity index is 1.36. The molecule has 3 atom stereocenters. The van der Waals surface area contributed by atoms with E-state index in [1.807, 2.05) is 24.3 Å². The molecule has 0 aromatic heterocycles. The van der Waals surface area contributed by atoms with E-state index >= 15 is 0 Å². The fourth-order valence-corrected chi connectivity index (χ4v) is 4.81. The summed E-state index contributed by atoms with van der Waals surface area (Å²) in [7, 11) is 0. The number of benzene rings is 1. The Hall–Kier alpha value is -1.59. The Morgan fingerprint density at radius 2 is 1.96 bits per heavy atom. The molecule has 1 aliphatic heterocycles. The van der Waals surface area contributed by atoms with Crippen molar-refractivity contribution >= 4 is 6.03 Å². The highest BCUT2D eigenvalue weighted by Gasteiger charge is 2.39. The van der Waals surface area contributed by atoms with Crippen LogP contribution >= 0.6 is 0 Å². The van der Waals surface area contributed by atoms with E-state index in [9.17, 15) is 9.90 Å². The third-order valence-corrected chi connectivity index (χ3v) is 6.08. The van der Waals surface area contributed by atoms with Gasteiger partial charge < -0.3 is 20.5 Å². The molecule has 1 aromatic carbocycles. The minimum atomic E-state index is -0.553. The van der Waals surface area contributed by atoms with Gasteiger partial charge in [-0.2, -0.15) is 0 Å². The molecule has 1 heterocycles. The molecule has 1 saturated heterocycles. The number of urea groups is 1. The molecule has 1 saturated carbocycles. The van der Waals surface area contributed by atoms with E-state index in [1.165, 1.54) is 19.3 Å². The van der Waals surface area contributed by atoms with Crippen LogP contribution in [-0.2, 0) is 11.2 Å². The summed E-state index contributed by atoms with van der Waals surface area (Å²) in [6, 6.07) is 7.58. The SMILES string of the molecule is O=C(N[C@@H]1CCOC2(CCCCC2)C1)N[C@H]1c2ccccc2C[C@H]1O. The van der Waals surface area contributed by atoms with Gasteiger partial charge in [-0.3, -0.25) is 0 Å². The average molecular weight is 344 g/mol. The number of hydrogen-bond donors (Lipinski definition) is 3. The highest BCUT2D eigenvalue weighted by Crippen LogP contribution is 2.38. The van der Waals surface area contributed by atoms with Gasteiger partial charge in [-0.25, -0.2) is 4.79 Å². The molecular formula is C20H28N2O3. The summed E-state index contributed by atoms with van der Waals surface area (Å²) in [4.78, 5) is 12.5. The third-order valence-electron chi connectivity index (χ3n) is 6.08. The van der Waals surface area contributed by atoms with Crippen molar-refractivity contribution in [2.75, 3.05) is 6.61 Å². The minimum Gasteiger partial charge on any atom is -0.390 e. The van der Waals surface area contributed by atoms with E-state index in [-0.39, 0.29) is 23.7 Å². The molecule has 0 bridgehead atoms. The Morgan fingerprint density at radius 3 is 2.80 bits per heavy atom. The van der Waals surface area contributed by atoms with Crippen molar-refractivity contribution in [1.29, 1.82) is 0 Å². The van der Waals surface area contributed by atoms with Crippen LogP contribution in [-0.4, -0.2) is 35.5 Å². The van der Waals surface area contributed by atoms with E-state index in [2.05, 4.69) is 10.6 Å². The van der Waals surface area contributed by atoms with Gasteiger partial charge >= 0.3 is 6.03 Å². The van der Waals surface area contributed by atoms with Crippen LogP contribution in [0.4, 0.5) is 4.79 Å². The highest BCUT2D eigenvalue weighted by molar-refractivity contribution is 5.75. The van der Waals surface area contributed by atoms with Crippen LogP contribution in [0.15, 0.2) is 24.3 Å². The predicted molar refractivity (Wildman–Crippen MR) is 95.4 cm³/mol. The van der Waals surface area contributed by atoms with Crippen LogP contribution < -0.4 is 10.6 Å². The van der Waals surface area contributed by atoms with Crippen molar-refractivity contribution in [3.63, 3.8) is 0 Å². The molecule has 3 aliphatic rings. The number of aliphatic hydroxyl groups is 1. The molecule has 136 valence electrons. The van der Waals surface area contributed by atoms with Crippen LogP contribution in [0.3, 0.4) is 0 Å². The number of hydrogen-bond acceptors (Lipinski definition) is 3. The summed E-state index contributed by atoms with van der Waals surface area (Å²) in [6.07, 6.45) is 7.78. The molecule has 4 rings (SSSR count). The number of ether oxygens (including phenoxy) is 1. The molecule has 1 spiro atoms. The first-order chi connectivity index (χ1) is 12.2. The number of carbonyl (C=O) groups excluding carboxylic acids is 1. The summed E-state index contributed by atoms with van der Waals surface area (Å²) in [5, 5.41) is 16.4. The van der Waals surface area contributed by atoms with Crippen molar-refractivity contribution in [1.82, 2.24) is 10.6 Å². The van der Waals surface area contributed by atoms with Gasteiger partial charge in [0.2, 0.25) is 0 Å². The maximum Gasteiger partial charge on any atom is 0.315 e. The molecule has 2 aliphatic carbocycles. The molecule has 25 heavy (non-hydrogen) atoms. The number of rotatable bonds is 2. The summed E-state index contributed by atoms with van der Waals surface area (Å²) in [5.74, 6) is 0. The smallest absolute Gasteiger partial charge is 0.315 e. The predicted octanol–water partition coefficient (Wildman–Crippen LogP) is 2.83. The number of aliphatic hydroxyl groups excluding tert-OH is 1. The van der Waals surface area contributed by atoms with E-state index in [1.54, 1.807) is 0 Å². The van der Waals surface area contributed by atoms with Crippen LogP contribution in [0, 0.1) is 0 Å².